The number of nitrogens with zero attached hydrogens (tertiary/aromatic N) is 3. The summed E-state index contributed by atoms with van der Waals surface area (Å²) in [6.07, 6.45) is 0.972. The van der Waals surface area contributed by atoms with Gasteiger partial charge in [0.1, 0.15) is 11.8 Å². The molecule has 4 heterocycles. The number of fused-ring (bicyclic) bond motifs is 7. The summed E-state index contributed by atoms with van der Waals surface area (Å²) >= 11 is 0. The van der Waals surface area contributed by atoms with Crippen LogP contribution in [0, 0.1) is 0 Å². The number of pyridine rings is 1. The Morgan fingerprint density at radius 1 is 0.918 bits per heavy atom. The van der Waals surface area contributed by atoms with Crippen molar-refractivity contribution >= 4 is 33.7 Å². The molecule has 0 radical (unpaired) electrons. The molecule has 11 heteroatoms. The molecule has 49 heavy (non-hydrogen) atoms. The zero-order valence-corrected chi connectivity index (χ0v) is 26.6. The molecule has 2 fully saturated rings. The molecule has 2 aromatic heterocycles. The quantitative estimate of drug-likeness (QED) is 0.203. The first-order valence-electron chi connectivity index (χ1n) is 16.7. The summed E-state index contributed by atoms with van der Waals surface area (Å²) in [5, 5.41) is 11.8. The normalized spacial score (nSPS) is 18.3. The lowest BCUT2D eigenvalue weighted by atomic mass is 9.80. The van der Waals surface area contributed by atoms with Gasteiger partial charge in [0.25, 0.3) is 0 Å². The van der Waals surface area contributed by atoms with E-state index in [-0.39, 0.29) is 23.1 Å². The van der Waals surface area contributed by atoms with Crippen molar-refractivity contribution in [2.45, 2.75) is 56.8 Å². The average molecular weight is 670 g/mol. The Bertz CT molecular complexity index is 2110. The predicted molar refractivity (Wildman–Crippen MR) is 178 cm³/mol. The van der Waals surface area contributed by atoms with E-state index in [9.17, 15) is 27.9 Å². The number of alkyl halides is 3. The number of halogens is 3. The van der Waals surface area contributed by atoms with Gasteiger partial charge in [-0.25, -0.2) is 9.78 Å². The van der Waals surface area contributed by atoms with Crippen LogP contribution in [0.4, 0.5) is 13.2 Å². The van der Waals surface area contributed by atoms with E-state index in [1.807, 2.05) is 29.2 Å². The molecule has 1 saturated carbocycles. The largest absolute Gasteiger partial charge is 0.573 e. The summed E-state index contributed by atoms with van der Waals surface area (Å²) in [6, 6.07) is 18.1. The molecule has 1 amide bonds. The van der Waals surface area contributed by atoms with Crippen LogP contribution in [-0.4, -0.2) is 64.1 Å². The molecule has 8 nitrogen and oxygen atoms in total. The van der Waals surface area contributed by atoms with Gasteiger partial charge in [0.05, 0.1) is 41.2 Å². The number of rotatable bonds is 5. The minimum Gasteiger partial charge on any atom is -0.478 e. The number of carboxylic acids is 1. The third kappa shape index (κ3) is 5.69. The zero-order valence-electron chi connectivity index (χ0n) is 26.6. The van der Waals surface area contributed by atoms with Crippen molar-refractivity contribution in [1.29, 1.82) is 0 Å². The van der Waals surface area contributed by atoms with Crippen molar-refractivity contribution in [3.8, 4) is 28.3 Å². The number of amides is 1. The van der Waals surface area contributed by atoms with E-state index in [1.165, 1.54) is 24.6 Å². The monoisotopic (exact) mass is 669 g/mol. The van der Waals surface area contributed by atoms with Crippen molar-refractivity contribution in [2.24, 2.45) is 0 Å². The first-order chi connectivity index (χ1) is 23.7. The maximum atomic E-state index is 14.5. The number of benzene rings is 3. The number of morpholine rings is 1. The maximum absolute atomic E-state index is 14.5. The van der Waals surface area contributed by atoms with Crippen molar-refractivity contribution in [3.05, 3.63) is 83.4 Å². The van der Waals surface area contributed by atoms with E-state index in [4.69, 9.17) is 9.72 Å². The third-order valence-corrected chi connectivity index (χ3v) is 10.2. The van der Waals surface area contributed by atoms with Gasteiger partial charge >= 0.3 is 12.3 Å². The average Bonchev–Trinajstić information content (AvgIpc) is 3.45. The Kier molecular flexibility index (Phi) is 7.82. The first-order valence-corrected chi connectivity index (χ1v) is 16.7. The molecule has 2 aliphatic heterocycles. The Labute approximate surface area is 280 Å². The highest BCUT2D eigenvalue weighted by Gasteiger charge is 2.39. The Hall–Kier alpha value is -4.90. The van der Waals surface area contributed by atoms with Gasteiger partial charge in [-0.3, -0.25) is 4.79 Å². The number of aromatic nitrogens is 2. The number of carboxylic acid groups (broad SMARTS) is 1. The molecule has 1 unspecified atom stereocenters. The van der Waals surface area contributed by atoms with Gasteiger partial charge in [-0.15, -0.1) is 13.2 Å². The van der Waals surface area contributed by atoms with E-state index in [1.54, 1.807) is 24.3 Å². The van der Waals surface area contributed by atoms with Crippen LogP contribution in [0.3, 0.4) is 0 Å². The highest BCUT2D eigenvalue weighted by Crippen LogP contribution is 2.50. The molecular weight excluding hydrogens is 635 g/mol. The molecule has 0 spiro atoms. The van der Waals surface area contributed by atoms with Crippen molar-refractivity contribution < 1.29 is 37.3 Å². The van der Waals surface area contributed by atoms with Gasteiger partial charge < -0.3 is 24.0 Å². The fourth-order valence-corrected chi connectivity index (χ4v) is 8.07. The van der Waals surface area contributed by atoms with E-state index in [2.05, 4.69) is 9.30 Å². The van der Waals surface area contributed by atoms with Crippen molar-refractivity contribution in [1.82, 2.24) is 14.5 Å². The fourth-order valence-electron chi connectivity index (χ4n) is 8.07. The molecule has 252 valence electrons. The van der Waals surface area contributed by atoms with E-state index >= 15 is 0 Å². The van der Waals surface area contributed by atoms with Gasteiger partial charge in [0, 0.05) is 41.4 Å². The minimum atomic E-state index is -4.81. The van der Waals surface area contributed by atoms with Gasteiger partial charge in [-0.2, -0.15) is 0 Å². The fraction of sp³-hybridized carbons (Fsp3) is 0.342. The van der Waals surface area contributed by atoms with Gasteiger partial charge in [-0.05, 0) is 66.3 Å². The number of hydrogen-bond donors (Lipinski definition) is 1. The Balaban J connectivity index is 1.33. The Morgan fingerprint density at radius 2 is 1.69 bits per heavy atom. The highest BCUT2D eigenvalue weighted by molar-refractivity contribution is 6.02. The Morgan fingerprint density at radius 3 is 2.45 bits per heavy atom. The van der Waals surface area contributed by atoms with E-state index < -0.39 is 18.4 Å². The molecular formula is C38H34F3N3O5. The van der Waals surface area contributed by atoms with Crippen LogP contribution in [0.1, 0.15) is 65.5 Å². The minimum absolute atomic E-state index is 0.0360. The number of ether oxygens (including phenoxy) is 2. The van der Waals surface area contributed by atoms with Crippen LogP contribution in [0.15, 0.2) is 66.7 Å². The highest BCUT2D eigenvalue weighted by atomic mass is 19.4. The number of carbonyl (C=O) groups excluding carboxylic acids is 1. The lowest BCUT2D eigenvalue weighted by Crippen LogP contribution is -2.45. The molecule has 0 bridgehead atoms. The van der Waals surface area contributed by atoms with E-state index in [0.717, 1.165) is 64.4 Å². The SMILES string of the molecule is O=C(O)c1ccc2c(C3CCCCC3)c3n(c2c1)C(C(=O)N1CCOCC1)Cc1c-3ccc2nc(-c3cccc(OC(F)(F)F)c3)ccc12. The number of hydrogen-bond acceptors (Lipinski definition) is 5. The zero-order chi connectivity index (χ0) is 33.9. The lowest BCUT2D eigenvalue weighted by Gasteiger charge is -2.35. The summed E-state index contributed by atoms with van der Waals surface area (Å²) < 4.78 is 50.6. The van der Waals surface area contributed by atoms with Crippen LogP contribution in [0.2, 0.25) is 0 Å². The second-order valence-electron chi connectivity index (χ2n) is 13.1. The van der Waals surface area contributed by atoms with E-state index in [0.29, 0.717) is 49.5 Å². The van der Waals surface area contributed by atoms with Gasteiger partial charge in [-0.1, -0.05) is 49.6 Å². The topological polar surface area (TPSA) is 93.9 Å². The predicted octanol–water partition coefficient (Wildman–Crippen LogP) is 8.12. The standard InChI is InChI=1S/C38H34F3N3O5/c39-38(40,41)49-25-8-4-7-23(19-25)30-13-11-26-29-21-33(36(45)43-15-17-48-18-16-43)44-32-20-24(37(46)47)9-10-28(32)34(22-5-2-1-3-6-22)35(44)27(29)12-14-31(26)42-30/h4,7-14,19-20,22,33H,1-3,5-6,15-18,21H2,(H,46,47). The lowest BCUT2D eigenvalue weighted by molar-refractivity contribution is -0.274. The molecule has 8 rings (SSSR count). The molecule has 1 saturated heterocycles. The second kappa shape index (κ2) is 12.2. The van der Waals surface area contributed by atoms with Crippen LogP contribution >= 0.6 is 0 Å². The summed E-state index contributed by atoms with van der Waals surface area (Å²) in [5.74, 6) is -1.12. The second-order valence-corrected chi connectivity index (χ2v) is 13.1. The maximum Gasteiger partial charge on any atom is 0.573 e. The van der Waals surface area contributed by atoms with Crippen LogP contribution < -0.4 is 4.74 Å². The van der Waals surface area contributed by atoms with Crippen LogP contribution in [-0.2, 0) is 16.0 Å². The first kappa shape index (κ1) is 31.4. The van der Waals surface area contributed by atoms with Crippen molar-refractivity contribution in [3.63, 3.8) is 0 Å². The summed E-state index contributed by atoms with van der Waals surface area (Å²) in [5.41, 5.74) is 6.65. The summed E-state index contributed by atoms with van der Waals surface area (Å²) in [6.45, 7) is 1.86. The molecule has 3 aliphatic rings. The van der Waals surface area contributed by atoms with Crippen molar-refractivity contribution in [2.75, 3.05) is 26.3 Å². The number of aromatic carboxylic acids is 1. The van der Waals surface area contributed by atoms with Crippen LogP contribution in [0.25, 0.3) is 44.3 Å². The third-order valence-electron chi connectivity index (χ3n) is 10.2. The molecule has 5 aromatic rings. The molecule has 1 N–H and O–H groups in total. The number of carbonyl (C=O) groups is 2. The molecule has 1 atom stereocenters. The smallest absolute Gasteiger partial charge is 0.478 e. The molecule has 1 aliphatic carbocycles. The summed E-state index contributed by atoms with van der Waals surface area (Å²) in [4.78, 5) is 33.4. The van der Waals surface area contributed by atoms with Gasteiger partial charge in [0.2, 0.25) is 5.91 Å². The molecule has 3 aromatic carbocycles. The summed E-state index contributed by atoms with van der Waals surface area (Å²) in [7, 11) is 0. The van der Waals surface area contributed by atoms with Gasteiger partial charge in [0.15, 0.2) is 0 Å². The van der Waals surface area contributed by atoms with Crippen LogP contribution in [0.5, 0.6) is 5.75 Å².